The minimum absolute atomic E-state index is 0.164. The predicted molar refractivity (Wildman–Crippen MR) is 73.7 cm³/mol. The van der Waals surface area contributed by atoms with Gasteiger partial charge in [-0.2, -0.15) is 13.2 Å². The Bertz CT molecular complexity index is 509. The van der Waals surface area contributed by atoms with E-state index in [1.165, 1.54) is 25.0 Å². The second-order valence-corrected chi connectivity index (χ2v) is 6.53. The first-order valence-corrected chi connectivity index (χ1v) is 7.44. The van der Waals surface area contributed by atoms with Gasteiger partial charge in [0.1, 0.15) is 0 Å². The van der Waals surface area contributed by atoms with Crippen LogP contribution in [0.3, 0.4) is 0 Å². The van der Waals surface area contributed by atoms with Crippen LogP contribution >= 0.6 is 0 Å². The van der Waals surface area contributed by atoms with Crippen LogP contribution in [0, 0.1) is 5.92 Å². The Hall–Kier alpha value is -1.07. The van der Waals surface area contributed by atoms with Gasteiger partial charge in [-0.25, -0.2) is 0 Å². The highest BCUT2D eigenvalue weighted by atomic mass is 19.4. The van der Waals surface area contributed by atoms with Gasteiger partial charge in [0.25, 0.3) is 0 Å². The number of hydrogen-bond acceptors (Lipinski definition) is 2. The van der Waals surface area contributed by atoms with Gasteiger partial charge in [0.05, 0.1) is 11.2 Å². The summed E-state index contributed by atoms with van der Waals surface area (Å²) in [6.07, 6.45) is -0.880. The van der Waals surface area contributed by atoms with Crippen molar-refractivity contribution < 1.29 is 18.3 Å². The van der Waals surface area contributed by atoms with E-state index < -0.39 is 17.3 Å². The summed E-state index contributed by atoms with van der Waals surface area (Å²) in [7, 11) is 0. The van der Waals surface area contributed by atoms with E-state index in [2.05, 4.69) is 5.32 Å². The fraction of sp³-hybridized carbons (Fsp3) is 0.625. The molecular formula is C16H20F3NO. The van der Waals surface area contributed by atoms with Crippen LogP contribution in [0.5, 0.6) is 0 Å². The number of aliphatic hydroxyl groups is 1. The number of piperidine rings is 1. The molecule has 1 aliphatic carbocycles. The Morgan fingerprint density at radius 3 is 2.29 bits per heavy atom. The topological polar surface area (TPSA) is 32.3 Å². The van der Waals surface area contributed by atoms with Crippen LogP contribution in [-0.4, -0.2) is 17.2 Å². The average molecular weight is 299 g/mol. The molecule has 116 valence electrons. The zero-order chi connectivity index (χ0) is 15.3. The number of rotatable bonds is 2. The molecule has 1 heterocycles. The summed E-state index contributed by atoms with van der Waals surface area (Å²) in [6.45, 7) is 2.02. The number of nitrogens with one attached hydrogen (secondary N) is 1. The Kier molecular flexibility index (Phi) is 3.53. The molecule has 0 aromatic heterocycles. The van der Waals surface area contributed by atoms with Crippen molar-refractivity contribution in [2.45, 2.75) is 56.5 Å². The maximum atomic E-state index is 12.6. The van der Waals surface area contributed by atoms with Gasteiger partial charge in [-0.1, -0.05) is 12.1 Å². The fourth-order valence-electron chi connectivity index (χ4n) is 3.44. The first-order valence-electron chi connectivity index (χ1n) is 7.44. The van der Waals surface area contributed by atoms with Crippen LogP contribution < -0.4 is 5.32 Å². The van der Waals surface area contributed by atoms with E-state index in [0.717, 1.165) is 12.1 Å². The molecule has 1 saturated heterocycles. The molecule has 1 aromatic carbocycles. The van der Waals surface area contributed by atoms with Crippen LogP contribution in [0.4, 0.5) is 13.2 Å². The Labute approximate surface area is 122 Å². The van der Waals surface area contributed by atoms with Crippen molar-refractivity contribution in [1.82, 2.24) is 5.32 Å². The van der Waals surface area contributed by atoms with Gasteiger partial charge in [0, 0.05) is 12.1 Å². The van der Waals surface area contributed by atoms with Crippen molar-refractivity contribution in [2.75, 3.05) is 0 Å². The molecule has 5 heteroatoms. The van der Waals surface area contributed by atoms with Crippen LogP contribution in [0.2, 0.25) is 0 Å². The molecule has 2 aliphatic rings. The van der Waals surface area contributed by atoms with Crippen molar-refractivity contribution in [3.05, 3.63) is 35.4 Å². The first-order chi connectivity index (χ1) is 9.78. The van der Waals surface area contributed by atoms with Crippen LogP contribution in [0.25, 0.3) is 0 Å². The molecule has 0 spiro atoms. The lowest BCUT2D eigenvalue weighted by molar-refractivity contribution is -0.137. The minimum Gasteiger partial charge on any atom is -0.385 e. The second kappa shape index (κ2) is 4.99. The molecule has 1 saturated carbocycles. The molecule has 1 aliphatic heterocycles. The van der Waals surface area contributed by atoms with Gasteiger partial charge < -0.3 is 10.4 Å². The van der Waals surface area contributed by atoms with Gasteiger partial charge in [-0.3, -0.25) is 0 Å². The lowest BCUT2D eigenvalue weighted by Gasteiger charge is -2.41. The van der Waals surface area contributed by atoms with E-state index in [1.54, 1.807) is 0 Å². The largest absolute Gasteiger partial charge is 0.416 e. The Morgan fingerprint density at radius 1 is 1.14 bits per heavy atom. The Morgan fingerprint density at radius 2 is 1.76 bits per heavy atom. The zero-order valence-electron chi connectivity index (χ0n) is 12.0. The van der Waals surface area contributed by atoms with Crippen molar-refractivity contribution in [3.8, 4) is 0 Å². The van der Waals surface area contributed by atoms with Gasteiger partial charge in [-0.15, -0.1) is 0 Å². The van der Waals surface area contributed by atoms with Gasteiger partial charge in [-0.05, 0) is 56.2 Å². The molecule has 21 heavy (non-hydrogen) atoms. The molecule has 0 amide bonds. The Balaban J connectivity index is 1.83. The molecule has 0 radical (unpaired) electrons. The minimum atomic E-state index is -4.33. The smallest absolute Gasteiger partial charge is 0.385 e. The quantitative estimate of drug-likeness (QED) is 0.877. The van der Waals surface area contributed by atoms with Crippen molar-refractivity contribution in [1.29, 1.82) is 0 Å². The van der Waals surface area contributed by atoms with Gasteiger partial charge >= 0.3 is 6.18 Å². The van der Waals surface area contributed by atoms with Gasteiger partial charge in [0.2, 0.25) is 0 Å². The van der Waals surface area contributed by atoms with E-state index in [1.807, 2.05) is 6.92 Å². The summed E-state index contributed by atoms with van der Waals surface area (Å²) >= 11 is 0. The van der Waals surface area contributed by atoms with E-state index in [0.29, 0.717) is 24.3 Å². The second-order valence-electron chi connectivity index (χ2n) is 6.53. The summed E-state index contributed by atoms with van der Waals surface area (Å²) in [5, 5.41) is 14.4. The highest BCUT2D eigenvalue weighted by Gasteiger charge is 2.44. The lowest BCUT2D eigenvalue weighted by Crippen LogP contribution is -2.51. The van der Waals surface area contributed by atoms with Crippen LogP contribution in [0.15, 0.2) is 24.3 Å². The maximum Gasteiger partial charge on any atom is 0.416 e. The third-order valence-corrected chi connectivity index (χ3v) is 4.64. The molecule has 2 unspecified atom stereocenters. The maximum absolute atomic E-state index is 12.6. The molecule has 3 atom stereocenters. The van der Waals surface area contributed by atoms with E-state index in [9.17, 15) is 18.3 Å². The van der Waals surface area contributed by atoms with Crippen LogP contribution in [-0.2, 0) is 11.8 Å². The van der Waals surface area contributed by atoms with Gasteiger partial charge in [0.15, 0.2) is 0 Å². The molecule has 2 fully saturated rings. The molecule has 2 N–H and O–H groups in total. The number of alkyl halides is 3. The van der Waals surface area contributed by atoms with Crippen molar-refractivity contribution in [3.63, 3.8) is 0 Å². The van der Waals surface area contributed by atoms with Crippen molar-refractivity contribution >= 4 is 0 Å². The highest BCUT2D eigenvalue weighted by molar-refractivity contribution is 5.30. The highest BCUT2D eigenvalue weighted by Crippen LogP contribution is 2.43. The summed E-state index contributed by atoms with van der Waals surface area (Å²) < 4.78 is 37.9. The average Bonchev–Trinajstić information content (AvgIpc) is 3.21. The molecule has 1 aromatic rings. The SMILES string of the molecule is C[C@H]1CC(O)(c2ccc(C(F)(F)F)cc2)CC(C2CC2)N1. The summed E-state index contributed by atoms with van der Waals surface area (Å²) in [5.41, 5.74) is -1.10. The summed E-state index contributed by atoms with van der Waals surface area (Å²) in [4.78, 5) is 0. The third kappa shape index (κ3) is 3.09. The van der Waals surface area contributed by atoms with E-state index in [4.69, 9.17) is 0 Å². The van der Waals surface area contributed by atoms with Crippen molar-refractivity contribution in [2.24, 2.45) is 5.92 Å². The standard InChI is InChI=1S/C16H20F3NO/c1-10-8-15(21,9-14(20-10)11-2-3-11)12-4-6-13(7-5-12)16(17,18)19/h4-7,10-11,14,20-21H,2-3,8-9H2,1H3/t10-,14?,15?/m0/s1. The molecule has 3 rings (SSSR count). The third-order valence-electron chi connectivity index (χ3n) is 4.64. The zero-order valence-corrected chi connectivity index (χ0v) is 12.0. The molecule has 0 bridgehead atoms. The normalized spacial score (nSPS) is 34.0. The lowest BCUT2D eigenvalue weighted by atomic mass is 9.77. The molecular weight excluding hydrogens is 279 g/mol. The molecule has 2 nitrogen and oxygen atoms in total. The number of halogens is 3. The van der Waals surface area contributed by atoms with E-state index in [-0.39, 0.29) is 12.1 Å². The first kappa shape index (κ1) is 14.9. The summed E-state index contributed by atoms with van der Waals surface area (Å²) in [5.74, 6) is 0.605. The summed E-state index contributed by atoms with van der Waals surface area (Å²) in [6, 6.07) is 5.39. The monoisotopic (exact) mass is 299 g/mol. The van der Waals surface area contributed by atoms with E-state index >= 15 is 0 Å². The number of benzene rings is 1. The predicted octanol–water partition coefficient (Wildman–Crippen LogP) is 3.44. The number of hydrogen-bond donors (Lipinski definition) is 2. The van der Waals surface area contributed by atoms with Crippen LogP contribution in [0.1, 0.15) is 43.7 Å². The fourth-order valence-corrected chi connectivity index (χ4v) is 3.44.